The molecule has 4 nitrogen and oxygen atoms in total. The third-order valence-corrected chi connectivity index (χ3v) is 2.93. The van der Waals surface area contributed by atoms with Crippen LogP contribution in [0.2, 0.25) is 0 Å². The molecule has 0 aliphatic carbocycles. The number of carbonyl (C=O) groups excluding carboxylic acids is 1. The molecule has 0 saturated carbocycles. The molecule has 0 aromatic heterocycles. The first kappa shape index (κ1) is 17.3. The third kappa shape index (κ3) is 6.06. The number of carbonyl (C=O) groups is 1. The van der Waals surface area contributed by atoms with Gasteiger partial charge in [0.15, 0.2) is 0 Å². The largest absolute Gasteiger partial charge is 0.494 e. The monoisotopic (exact) mass is 292 g/mol. The van der Waals surface area contributed by atoms with E-state index in [-0.39, 0.29) is 16.9 Å². The van der Waals surface area contributed by atoms with Crippen molar-refractivity contribution in [2.24, 2.45) is 5.41 Å². The van der Waals surface area contributed by atoms with Crippen LogP contribution in [-0.2, 0) is 0 Å². The lowest BCUT2D eigenvalue weighted by atomic mass is 9.81. The maximum atomic E-state index is 12.4. The van der Waals surface area contributed by atoms with Crippen LogP contribution in [0.3, 0.4) is 0 Å². The minimum absolute atomic E-state index is 0.127. The molecule has 0 bridgehead atoms. The van der Waals surface area contributed by atoms with Crippen LogP contribution >= 0.6 is 0 Å². The summed E-state index contributed by atoms with van der Waals surface area (Å²) in [6, 6.07) is 5.12. The van der Waals surface area contributed by atoms with Crippen molar-refractivity contribution < 1.29 is 9.53 Å². The number of anilines is 1. The number of hydrogen-bond donors (Lipinski definition) is 2. The molecule has 0 heterocycles. The number of amides is 1. The van der Waals surface area contributed by atoms with Crippen molar-refractivity contribution in [3.63, 3.8) is 0 Å². The summed E-state index contributed by atoms with van der Waals surface area (Å²) >= 11 is 0. The number of benzene rings is 1. The van der Waals surface area contributed by atoms with Gasteiger partial charge in [0.05, 0.1) is 6.61 Å². The molecule has 0 atom stereocenters. The molecule has 1 amide bonds. The second-order valence-corrected chi connectivity index (χ2v) is 7.30. The molecule has 0 spiro atoms. The van der Waals surface area contributed by atoms with Crippen molar-refractivity contribution in [1.29, 1.82) is 0 Å². The first-order chi connectivity index (χ1) is 9.52. The summed E-state index contributed by atoms with van der Waals surface area (Å²) in [6.45, 7) is 13.0. The molecule has 0 radical (unpaired) electrons. The molecule has 0 aliphatic rings. The second kappa shape index (κ2) is 6.37. The first-order valence-electron chi connectivity index (χ1n) is 7.38. The van der Waals surface area contributed by atoms with Crippen molar-refractivity contribution in [3.8, 4) is 5.75 Å². The minimum atomic E-state index is -0.286. The average molecular weight is 292 g/mol. The Balaban J connectivity index is 2.89. The summed E-state index contributed by atoms with van der Waals surface area (Å²) in [4.78, 5) is 12.4. The van der Waals surface area contributed by atoms with Gasteiger partial charge in [0.1, 0.15) is 5.75 Å². The lowest BCUT2D eigenvalue weighted by molar-refractivity contribution is 0.0891. The summed E-state index contributed by atoms with van der Waals surface area (Å²) in [5.41, 5.74) is 6.74. The molecule has 3 N–H and O–H groups in total. The number of rotatable bonds is 5. The Kier molecular flexibility index (Phi) is 5.26. The zero-order valence-electron chi connectivity index (χ0n) is 14.0. The molecular formula is C17H28N2O2. The highest BCUT2D eigenvalue weighted by Crippen LogP contribution is 2.27. The molecule has 1 rings (SSSR count). The Hall–Kier alpha value is -1.71. The van der Waals surface area contributed by atoms with Crippen LogP contribution in [0, 0.1) is 5.41 Å². The van der Waals surface area contributed by atoms with Gasteiger partial charge in [0.25, 0.3) is 5.91 Å². The molecule has 1 aromatic carbocycles. The van der Waals surface area contributed by atoms with Crippen molar-refractivity contribution in [3.05, 3.63) is 23.8 Å². The third-order valence-electron chi connectivity index (χ3n) is 2.93. The first-order valence-corrected chi connectivity index (χ1v) is 7.38. The Morgan fingerprint density at radius 1 is 1.19 bits per heavy atom. The molecule has 21 heavy (non-hydrogen) atoms. The minimum Gasteiger partial charge on any atom is -0.494 e. The highest BCUT2D eigenvalue weighted by Gasteiger charge is 2.27. The lowest BCUT2D eigenvalue weighted by Gasteiger charge is -2.33. The molecule has 0 unspecified atom stereocenters. The van der Waals surface area contributed by atoms with Crippen LogP contribution in [-0.4, -0.2) is 18.1 Å². The fourth-order valence-corrected chi connectivity index (χ4v) is 2.75. The molecule has 1 aromatic rings. The smallest absolute Gasteiger partial charge is 0.251 e. The number of nitrogens with two attached hydrogens (primary N) is 1. The van der Waals surface area contributed by atoms with Crippen molar-refractivity contribution in [1.82, 2.24) is 5.32 Å². The normalized spacial score (nSPS) is 12.1. The van der Waals surface area contributed by atoms with E-state index in [0.717, 1.165) is 6.42 Å². The van der Waals surface area contributed by atoms with Gasteiger partial charge in [-0.25, -0.2) is 0 Å². The van der Waals surface area contributed by atoms with Gasteiger partial charge in [-0.15, -0.1) is 0 Å². The highest BCUT2D eigenvalue weighted by atomic mass is 16.5. The summed E-state index contributed by atoms with van der Waals surface area (Å²) in [5.74, 6) is 0.494. The number of nitrogens with one attached hydrogen (secondary N) is 1. The molecule has 4 heteroatoms. The quantitative estimate of drug-likeness (QED) is 0.815. The van der Waals surface area contributed by atoms with Gasteiger partial charge in [-0.1, -0.05) is 20.8 Å². The van der Waals surface area contributed by atoms with Crippen LogP contribution < -0.4 is 15.8 Å². The summed E-state index contributed by atoms with van der Waals surface area (Å²) in [5, 5.41) is 3.08. The number of ether oxygens (including phenoxy) is 1. The molecule has 0 saturated heterocycles. The standard InChI is InChI=1S/C17H28N2O2/c1-7-21-14-9-12(8-13(18)10-14)15(20)19-17(5,6)11-16(2,3)4/h8-10H,7,11,18H2,1-6H3,(H,19,20). The molecule has 0 fully saturated rings. The Labute approximate surface area is 128 Å². The van der Waals surface area contributed by atoms with E-state index < -0.39 is 0 Å². The SMILES string of the molecule is CCOc1cc(N)cc(C(=O)NC(C)(C)CC(C)(C)C)c1. The van der Waals surface area contributed by atoms with Crippen LogP contribution in [0.1, 0.15) is 58.3 Å². The fourth-order valence-electron chi connectivity index (χ4n) is 2.75. The topological polar surface area (TPSA) is 64.3 Å². The fraction of sp³-hybridized carbons (Fsp3) is 0.588. The Bertz CT molecular complexity index is 502. The maximum absolute atomic E-state index is 12.4. The zero-order valence-corrected chi connectivity index (χ0v) is 14.0. The van der Waals surface area contributed by atoms with Gasteiger partial charge in [0, 0.05) is 22.9 Å². The van der Waals surface area contributed by atoms with E-state index in [1.165, 1.54) is 0 Å². The van der Waals surface area contributed by atoms with Crippen LogP contribution in [0.25, 0.3) is 0 Å². The average Bonchev–Trinajstić information content (AvgIpc) is 2.24. The van der Waals surface area contributed by atoms with Gasteiger partial charge in [0.2, 0.25) is 0 Å². The van der Waals surface area contributed by atoms with Gasteiger partial charge < -0.3 is 15.8 Å². The summed E-state index contributed by atoms with van der Waals surface area (Å²) in [6.07, 6.45) is 0.881. The zero-order chi connectivity index (χ0) is 16.3. The highest BCUT2D eigenvalue weighted by molar-refractivity contribution is 5.96. The van der Waals surface area contributed by atoms with E-state index in [1.807, 2.05) is 20.8 Å². The molecular weight excluding hydrogens is 264 g/mol. The number of hydrogen-bond acceptors (Lipinski definition) is 3. The predicted molar refractivity (Wildman–Crippen MR) is 87.6 cm³/mol. The maximum Gasteiger partial charge on any atom is 0.251 e. The van der Waals surface area contributed by atoms with E-state index in [4.69, 9.17) is 10.5 Å². The van der Waals surface area contributed by atoms with Crippen molar-refractivity contribution in [2.45, 2.75) is 53.5 Å². The van der Waals surface area contributed by atoms with Crippen LogP contribution in [0.15, 0.2) is 18.2 Å². The Morgan fingerprint density at radius 2 is 1.81 bits per heavy atom. The van der Waals surface area contributed by atoms with Crippen LogP contribution in [0.5, 0.6) is 5.75 Å². The predicted octanol–water partition coefficient (Wildman–Crippen LogP) is 3.61. The Morgan fingerprint density at radius 3 is 2.33 bits per heavy atom. The lowest BCUT2D eigenvalue weighted by Crippen LogP contribution is -2.45. The van der Waals surface area contributed by atoms with E-state index in [1.54, 1.807) is 18.2 Å². The van der Waals surface area contributed by atoms with Crippen LogP contribution in [0.4, 0.5) is 5.69 Å². The van der Waals surface area contributed by atoms with E-state index in [9.17, 15) is 4.79 Å². The second-order valence-electron chi connectivity index (χ2n) is 7.30. The van der Waals surface area contributed by atoms with Gasteiger partial charge in [-0.3, -0.25) is 4.79 Å². The van der Waals surface area contributed by atoms with E-state index in [2.05, 4.69) is 26.1 Å². The number of nitrogen functional groups attached to an aromatic ring is 1. The van der Waals surface area contributed by atoms with Crippen molar-refractivity contribution in [2.75, 3.05) is 12.3 Å². The van der Waals surface area contributed by atoms with Gasteiger partial charge in [-0.2, -0.15) is 0 Å². The van der Waals surface area contributed by atoms with Gasteiger partial charge >= 0.3 is 0 Å². The molecule has 0 aliphatic heterocycles. The van der Waals surface area contributed by atoms with E-state index >= 15 is 0 Å². The summed E-state index contributed by atoms with van der Waals surface area (Å²) < 4.78 is 5.43. The molecule has 118 valence electrons. The van der Waals surface area contributed by atoms with Gasteiger partial charge in [-0.05, 0) is 44.7 Å². The van der Waals surface area contributed by atoms with E-state index in [0.29, 0.717) is 23.6 Å². The summed E-state index contributed by atoms with van der Waals surface area (Å²) in [7, 11) is 0. The van der Waals surface area contributed by atoms with Crippen molar-refractivity contribution >= 4 is 11.6 Å².